The minimum absolute atomic E-state index is 0.0208. The zero-order valence-electron chi connectivity index (χ0n) is 21.0. The molecule has 2 bridgehead atoms. The highest BCUT2D eigenvalue weighted by atomic mass is 17.2. The summed E-state index contributed by atoms with van der Waals surface area (Å²) in [6.07, 6.45) is 6.09. The zero-order valence-corrected chi connectivity index (χ0v) is 21.0. The molecule has 7 heterocycles. The molecule has 6 fully saturated rings. The molecule has 36 heavy (non-hydrogen) atoms. The number of benzene rings is 1. The fourth-order valence-corrected chi connectivity index (χ4v) is 9.10. The molecule has 9 heteroatoms. The standard InChI is InChI=1S/C27H31N3O6/c1-22(2)10-8-15-17(35-22)7-6-16-19(15)30-14-34-36-27(30)23(3,4)18-12-24-9-5-11-29(24)21(32)25(18,28-20(24)31)13-26(16,27)33/h6-8,10,18,33H,5,9,11-14H2,1-4H3,(H,28,31)/t18-,24+,25+,26?,27?/m1/s1. The van der Waals surface area contributed by atoms with Crippen LogP contribution in [0.15, 0.2) is 18.2 Å². The van der Waals surface area contributed by atoms with Gasteiger partial charge in [0.2, 0.25) is 17.5 Å². The quantitative estimate of drug-likeness (QED) is 0.535. The van der Waals surface area contributed by atoms with Gasteiger partial charge in [0, 0.05) is 35.4 Å². The summed E-state index contributed by atoms with van der Waals surface area (Å²) in [5.74, 6) is 0.316. The lowest BCUT2D eigenvalue weighted by Gasteiger charge is -2.69. The first-order valence-electron chi connectivity index (χ1n) is 12.9. The number of anilines is 1. The molecule has 7 aliphatic heterocycles. The molecule has 2 N–H and O–H groups in total. The van der Waals surface area contributed by atoms with E-state index in [1.165, 1.54) is 0 Å². The maximum atomic E-state index is 14.2. The van der Waals surface area contributed by atoms with Crippen molar-refractivity contribution in [1.82, 2.24) is 10.2 Å². The van der Waals surface area contributed by atoms with Crippen LogP contribution in [0.25, 0.3) is 6.08 Å². The molecule has 190 valence electrons. The van der Waals surface area contributed by atoms with Crippen molar-refractivity contribution in [2.75, 3.05) is 18.2 Å². The molecule has 0 radical (unpaired) electrons. The topological polar surface area (TPSA) is 101 Å². The molecule has 1 aromatic carbocycles. The maximum absolute atomic E-state index is 14.2. The van der Waals surface area contributed by atoms with E-state index in [1.807, 2.05) is 43.0 Å². The predicted octanol–water partition coefficient (Wildman–Crippen LogP) is 2.17. The molecule has 9 nitrogen and oxygen atoms in total. The van der Waals surface area contributed by atoms with Gasteiger partial charge in [-0.2, -0.15) is 0 Å². The lowest BCUT2D eigenvalue weighted by Crippen LogP contribution is -2.88. The number of carbonyl (C=O) groups excluding carboxylic acids is 2. The van der Waals surface area contributed by atoms with Gasteiger partial charge in [0.25, 0.3) is 0 Å². The molecule has 0 aromatic heterocycles. The van der Waals surface area contributed by atoms with Crippen molar-refractivity contribution in [3.8, 4) is 5.75 Å². The third-order valence-corrected chi connectivity index (χ3v) is 10.5. The number of hydrogen-bond acceptors (Lipinski definition) is 7. The predicted molar refractivity (Wildman–Crippen MR) is 127 cm³/mol. The Morgan fingerprint density at radius 2 is 1.94 bits per heavy atom. The summed E-state index contributed by atoms with van der Waals surface area (Å²) < 4.78 is 6.26. The van der Waals surface area contributed by atoms with E-state index in [2.05, 4.69) is 19.2 Å². The highest BCUT2D eigenvalue weighted by Crippen LogP contribution is 2.73. The Kier molecular flexibility index (Phi) is 3.44. The third-order valence-electron chi connectivity index (χ3n) is 10.5. The summed E-state index contributed by atoms with van der Waals surface area (Å²) in [6, 6.07) is 3.77. The number of fused-ring (bicyclic) bond motifs is 6. The molecule has 5 atom stereocenters. The number of rotatable bonds is 0. The number of carbonyl (C=O) groups is 2. The fraction of sp³-hybridized carbons (Fsp3) is 0.630. The largest absolute Gasteiger partial charge is 0.483 e. The Morgan fingerprint density at radius 3 is 2.75 bits per heavy atom. The average molecular weight is 494 g/mol. The van der Waals surface area contributed by atoms with Crippen LogP contribution in [0.3, 0.4) is 0 Å². The van der Waals surface area contributed by atoms with Gasteiger partial charge in [0.1, 0.15) is 28.0 Å². The Bertz CT molecular complexity index is 1320. The lowest BCUT2D eigenvalue weighted by molar-refractivity contribution is -0.394. The zero-order chi connectivity index (χ0) is 25.1. The van der Waals surface area contributed by atoms with Gasteiger partial charge in [-0.15, -0.1) is 0 Å². The van der Waals surface area contributed by atoms with Gasteiger partial charge in [0.05, 0.1) is 5.69 Å². The van der Waals surface area contributed by atoms with Gasteiger partial charge >= 0.3 is 0 Å². The highest BCUT2D eigenvalue weighted by Gasteiger charge is 2.85. The molecular weight excluding hydrogens is 462 g/mol. The van der Waals surface area contributed by atoms with Gasteiger partial charge in [-0.3, -0.25) is 9.59 Å². The van der Waals surface area contributed by atoms with E-state index >= 15 is 0 Å². The SMILES string of the molecule is CC1(C)C=Cc2c(ccc3c2N2COOC24C3(O)C[C@@]23NC(=O)[C@]5(CCCN5C2=O)C[C@@H]3C4(C)C)O1. The molecule has 1 aromatic rings. The summed E-state index contributed by atoms with van der Waals surface area (Å²) in [4.78, 5) is 43.4. The molecule has 2 unspecified atom stereocenters. The molecule has 1 aliphatic carbocycles. The normalized spacial score (nSPS) is 43.8. The molecule has 8 aliphatic rings. The summed E-state index contributed by atoms with van der Waals surface area (Å²) >= 11 is 0. The summed E-state index contributed by atoms with van der Waals surface area (Å²) in [5, 5.41) is 16.0. The maximum Gasteiger partial charge on any atom is 0.249 e. The first kappa shape index (κ1) is 21.5. The number of piperidine rings is 2. The highest BCUT2D eigenvalue weighted by molar-refractivity contribution is 6.05. The van der Waals surface area contributed by atoms with Crippen molar-refractivity contribution < 1.29 is 29.2 Å². The van der Waals surface area contributed by atoms with Crippen LogP contribution in [-0.2, 0) is 25.0 Å². The Morgan fingerprint density at radius 1 is 1.14 bits per heavy atom. The van der Waals surface area contributed by atoms with Gasteiger partial charge in [-0.1, -0.05) is 19.9 Å². The molecule has 3 spiro atoms. The van der Waals surface area contributed by atoms with E-state index in [4.69, 9.17) is 14.5 Å². The van der Waals surface area contributed by atoms with E-state index in [1.54, 1.807) is 4.90 Å². The molecule has 2 amide bonds. The van der Waals surface area contributed by atoms with Gasteiger partial charge < -0.3 is 25.0 Å². The number of ether oxygens (including phenoxy) is 1. The second-order valence-corrected chi connectivity index (χ2v) is 12.8. The van der Waals surface area contributed by atoms with Crippen LogP contribution in [0, 0.1) is 11.3 Å². The van der Waals surface area contributed by atoms with Crippen molar-refractivity contribution >= 4 is 23.6 Å². The average Bonchev–Trinajstić information content (AvgIpc) is 3.49. The number of aliphatic hydroxyl groups is 1. The number of nitrogens with one attached hydrogen (secondary N) is 1. The molecule has 1 saturated carbocycles. The minimum Gasteiger partial charge on any atom is -0.483 e. The van der Waals surface area contributed by atoms with E-state index < -0.39 is 33.4 Å². The first-order chi connectivity index (χ1) is 16.9. The van der Waals surface area contributed by atoms with Crippen molar-refractivity contribution in [2.24, 2.45) is 11.3 Å². The molecule has 5 saturated heterocycles. The molecule has 9 rings (SSSR count). The van der Waals surface area contributed by atoms with Gasteiger partial charge in [-0.05, 0) is 51.3 Å². The van der Waals surface area contributed by atoms with E-state index in [9.17, 15) is 14.7 Å². The van der Waals surface area contributed by atoms with Crippen LogP contribution < -0.4 is 15.0 Å². The second-order valence-electron chi connectivity index (χ2n) is 12.8. The van der Waals surface area contributed by atoms with Crippen molar-refractivity contribution in [3.05, 3.63) is 29.3 Å². The van der Waals surface area contributed by atoms with Crippen LogP contribution in [0.2, 0.25) is 0 Å². The summed E-state index contributed by atoms with van der Waals surface area (Å²) in [7, 11) is 0. The Hall–Kier alpha value is -2.62. The van der Waals surface area contributed by atoms with E-state index in [0.29, 0.717) is 24.9 Å². The van der Waals surface area contributed by atoms with Gasteiger partial charge in [0.15, 0.2) is 6.73 Å². The van der Waals surface area contributed by atoms with Crippen molar-refractivity contribution in [1.29, 1.82) is 0 Å². The van der Waals surface area contributed by atoms with Crippen LogP contribution >= 0.6 is 0 Å². The smallest absolute Gasteiger partial charge is 0.249 e. The number of hydrogen-bond donors (Lipinski definition) is 2. The van der Waals surface area contributed by atoms with Gasteiger partial charge in [-0.25, -0.2) is 9.78 Å². The van der Waals surface area contributed by atoms with Crippen molar-refractivity contribution in [3.63, 3.8) is 0 Å². The Balaban J connectivity index is 1.39. The van der Waals surface area contributed by atoms with Crippen LogP contribution in [0.1, 0.15) is 64.5 Å². The number of amides is 2. The monoisotopic (exact) mass is 493 g/mol. The third kappa shape index (κ3) is 1.90. The summed E-state index contributed by atoms with van der Waals surface area (Å²) in [5.41, 5.74) is -3.80. The summed E-state index contributed by atoms with van der Waals surface area (Å²) in [6.45, 7) is 8.83. The lowest BCUT2D eigenvalue weighted by atomic mass is 9.45. The van der Waals surface area contributed by atoms with E-state index in [0.717, 1.165) is 23.4 Å². The van der Waals surface area contributed by atoms with E-state index in [-0.39, 0.29) is 30.9 Å². The molecular formula is C27H31N3O6. The van der Waals surface area contributed by atoms with Crippen LogP contribution in [-0.4, -0.2) is 57.5 Å². The van der Waals surface area contributed by atoms with Crippen LogP contribution in [0.5, 0.6) is 5.75 Å². The van der Waals surface area contributed by atoms with Crippen LogP contribution in [0.4, 0.5) is 5.69 Å². The fourth-order valence-electron chi connectivity index (χ4n) is 9.10. The minimum atomic E-state index is -1.62. The number of piperazine rings is 1. The number of nitrogens with zero attached hydrogens (tertiary/aromatic N) is 2. The Labute approximate surface area is 209 Å². The van der Waals surface area contributed by atoms with Crippen molar-refractivity contribution in [2.45, 2.75) is 81.4 Å². The first-order valence-corrected chi connectivity index (χ1v) is 12.9. The second kappa shape index (κ2) is 5.76.